The van der Waals surface area contributed by atoms with Crippen molar-refractivity contribution >= 4 is 46.6 Å². The number of aliphatic hydroxyl groups excluding tert-OH is 2. The highest BCUT2D eigenvalue weighted by atomic mass is 16.6. The smallest absolute Gasteiger partial charge is 0.302 e. The molecule has 12 heteroatoms. The van der Waals surface area contributed by atoms with Crippen LogP contribution in [0, 0.1) is 48.3 Å². The van der Waals surface area contributed by atoms with Crippen LogP contribution in [0.3, 0.4) is 0 Å². The predicted molar refractivity (Wildman–Crippen MR) is 153 cm³/mol. The maximum atomic E-state index is 15.0. The summed E-state index contributed by atoms with van der Waals surface area (Å²) in [5.74, 6) is -14.3. The highest BCUT2D eigenvalue weighted by Gasteiger charge is 2.91. The molecule has 0 radical (unpaired) electrons. The summed E-state index contributed by atoms with van der Waals surface area (Å²) in [5.41, 5.74) is -6.03. The minimum Gasteiger partial charge on any atom is -0.507 e. The molecule has 4 saturated carbocycles. The van der Waals surface area contributed by atoms with Gasteiger partial charge in [-0.2, -0.15) is 0 Å². The number of fused-ring (bicyclic) bond motifs is 4. The van der Waals surface area contributed by atoms with E-state index in [2.05, 4.69) is 0 Å². The van der Waals surface area contributed by atoms with Crippen molar-refractivity contribution < 1.29 is 58.7 Å². The molecule has 0 aliphatic heterocycles. The fourth-order valence-corrected chi connectivity index (χ4v) is 10.1. The van der Waals surface area contributed by atoms with Gasteiger partial charge in [-0.3, -0.25) is 28.8 Å². The number of benzene rings is 2. The lowest BCUT2D eigenvalue weighted by Crippen LogP contribution is -2.66. The summed E-state index contributed by atoms with van der Waals surface area (Å²) in [5, 5.41) is 45.4. The second-order valence-corrected chi connectivity index (χ2v) is 13.1. The first-order valence-corrected chi connectivity index (χ1v) is 14.7. The molecule has 4 N–H and O–H groups in total. The number of ketones is 4. The number of carbonyl (C=O) groups is 6. The summed E-state index contributed by atoms with van der Waals surface area (Å²) >= 11 is 0. The number of aliphatic hydroxyl groups is 2. The molecule has 6 aliphatic rings. The molecule has 8 rings (SSSR count). The number of rotatable bonds is 2. The highest BCUT2D eigenvalue weighted by Crippen LogP contribution is 2.81. The first-order valence-electron chi connectivity index (χ1n) is 14.7. The average molecular weight is 627 g/mol. The summed E-state index contributed by atoms with van der Waals surface area (Å²) in [7, 11) is 0. The lowest BCUT2D eigenvalue weighted by atomic mass is 9.46. The fourth-order valence-electron chi connectivity index (χ4n) is 10.1. The molecule has 0 saturated heterocycles. The number of hydrogen-bond acceptors (Lipinski definition) is 12. The van der Waals surface area contributed by atoms with Crippen molar-refractivity contribution in [1.82, 2.24) is 0 Å². The maximum Gasteiger partial charge on any atom is 0.302 e. The first kappa shape index (κ1) is 28.2. The molecule has 0 unspecified atom stereocenters. The molecule has 8 atom stereocenters. The molecule has 2 spiro atoms. The van der Waals surface area contributed by atoms with Crippen molar-refractivity contribution in [1.29, 1.82) is 0 Å². The second-order valence-electron chi connectivity index (χ2n) is 13.1. The van der Waals surface area contributed by atoms with Crippen molar-refractivity contribution in [2.75, 3.05) is 0 Å². The van der Waals surface area contributed by atoms with E-state index in [0.29, 0.717) is 11.1 Å². The molecule has 12 nitrogen and oxygen atoms in total. The minimum absolute atomic E-state index is 0.224. The van der Waals surface area contributed by atoms with Gasteiger partial charge in [-0.25, -0.2) is 0 Å². The number of carbonyl (C=O) groups excluding carboxylic acids is 6. The van der Waals surface area contributed by atoms with Gasteiger partial charge in [0.1, 0.15) is 35.2 Å². The summed E-state index contributed by atoms with van der Waals surface area (Å²) < 4.78 is 11.5. The molecule has 2 aromatic rings. The number of aromatic hydroxyl groups is 2. The summed E-state index contributed by atoms with van der Waals surface area (Å²) in [6.07, 6.45) is -3.06. The zero-order valence-corrected chi connectivity index (χ0v) is 24.8. The Hall–Kier alpha value is -5.26. The monoisotopic (exact) mass is 626 g/mol. The second kappa shape index (κ2) is 8.31. The molecule has 46 heavy (non-hydrogen) atoms. The van der Waals surface area contributed by atoms with Gasteiger partial charge in [-0.1, -0.05) is 0 Å². The van der Waals surface area contributed by atoms with E-state index in [4.69, 9.17) is 9.47 Å². The van der Waals surface area contributed by atoms with E-state index in [1.54, 1.807) is 13.8 Å². The van der Waals surface area contributed by atoms with Crippen LogP contribution in [0.2, 0.25) is 0 Å². The van der Waals surface area contributed by atoms with Crippen LogP contribution in [-0.4, -0.2) is 67.7 Å². The topological polar surface area (TPSA) is 202 Å². The van der Waals surface area contributed by atoms with Crippen molar-refractivity contribution in [3.05, 3.63) is 68.8 Å². The van der Waals surface area contributed by atoms with Gasteiger partial charge >= 0.3 is 11.9 Å². The lowest BCUT2D eigenvalue weighted by Gasteiger charge is -2.54. The van der Waals surface area contributed by atoms with Gasteiger partial charge < -0.3 is 29.9 Å². The first-order chi connectivity index (χ1) is 21.6. The van der Waals surface area contributed by atoms with Crippen LogP contribution in [0.1, 0.15) is 56.8 Å². The Morgan fingerprint density at radius 1 is 0.630 bits per heavy atom. The number of aryl methyl sites for hydroxylation is 2. The zero-order valence-electron chi connectivity index (χ0n) is 24.8. The number of esters is 2. The van der Waals surface area contributed by atoms with Gasteiger partial charge in [0, 0.05) is 36.8 Å². The molecule has 4 bridgehead atoms. The van der Waals surface area contributed by atoms with Gasteiger partial charge in [-0.15, -0.1) is 0 Å². The third kappa shape index (κ3) is 2.71. The van der Waals surface area contributed by atoms with E-state index in [1.807, 2.05) is 0 Å². The van der Waals surface area contributed by atoms with E-state index in [1.165, 1.54) is 24.3 Å². The fraction of sp³-hybridized carbons (Fsp3) is 0.353. The minimum atomic E-state index is -2.33. The SMILES string of the molecule is CC(=O)O[C@@H]1[C@@H]2[C@H]3[C@H](OC(C)=O)[C@H]4C(=O)C5=C(O)c6c(O)cc(C)cc6C(=O)[C@@]53[C@H]1C(=O)C1=C(O)c3c(O)cc(C)cc3C(=O)[C@@]124. The Morgan fingerprint density at radius 3 is 1.30 bits per heavy atom. The third-order valence-electron chi connectivity index (χ3n) is 11.0. The van der Waals surface area contributed by atoms with Crippen molar-refractivity contribution in [3.8, 4) is 11.5 Å². The standard InChI is InChI=1S/C34H26O12/c1-9-5-13-17(15(37)7-9)25(39)21-27(41)24-29(45-11(3)35)19-20-30(46-12(4)36)23(33(19,21)31(13)43)28(42)22-26(40)18-14(32(44)34(20,22)24)6-10(2)8-16(18)38/h5-8,19-20,23-24,29-30,37-40H,1-4H3/t19-,20-,23-,24+,29-,30+,33+,34+/m0/s1. The van der Waals surface area contributed by atoms with Crippen LogP contribution in [0.4, 0.5) is 0 Å². The van der Waals surface area contributed by atoms with E-state index >= 15 is 9.59 Å². The number of ether oxygens (including phenoxy) is 2. The van der Waals surface area contributed by atoms with E-state index in [0.717, 1.165) is 13.8 Å². The Morgan fingerprint density at radius 2 is 0.978 bits per heavy atom. The van der Waals surface area contributed by atoms with Crippen molar-refractivity contribution in [2.24, 2.45) is 34.5 Å². The van der Waals surface area contributed by atoms with Gasteiger partial charge in [-0.05, 0) is 49.2 Å². The number of Topliss-reactive ketones (excluding diaryl/α,β-unsaturated/α-hetero) is 4. The number of hydrogen-bond donors (Lipinski definition) is 4. The predicted octanol–water partition coefficient (Wildman–Crippen LogP) is 2.84. The van der Waals surface area contributed by atoms with Crippen molar-refractivity contribution in [2.45, 2.75) is 39.9 Å². The van der Waals surface area contributed by atoms with Crippen LogP contribution in [0.5, 0.6) is 11.5 Å². The highest BCUT2D eigenvalue weighted by molar-refractivity contribution is 6.31. The van der Waals surface area contributed by atoms with Crippen LogP contribution in [-0.2, 0) is 28.7 Å². The summed E-state index contributed by atoms with van der Waals surface area (Å²) in [4.78, 5) is 85.3. The Balaban J connectivity index is 1.58. The van der Waals surface area contributed by atoms with Crippen LogP contribution in [0.15, 0.2) is 35.4 Å². The molecule has 0 heterocycles. The molecule has 6 aliphatic carbocycles. The molecule has 234 valence electrons. The third-order valence-corrected chi connectivity index (χ3v) is 11.0. The molecule has 0 amide bonds. The number of phenolic OH excluding ortho intramolecular Hbond substituents is 2. The van der Waals surface area contributed by atoms with Crippen molar-refractivity contribution in [3.63, 3.8) is 0 Å². The molecule has 2 aromatic carbocycles. The van der Waals surface area contributed by atoms with Crippen LogP contribution < -0.4 is 0 Å². The molecular weight excluding hydrogens is 600 g/mol. The van der Waals surface area contributed by atoms with Gasteiger partial charge in [0.05, 0.1) is 44.9 Å². The van der Waals surface area contributed by atoms with E-state index in [-0.39, 0.29) is 22.3 Å². The number of phenols is 2. The Bertz CT molecular complexity index is 1900. The summed E-state index contributed by atoms with van der Waals surface area (Å²) in [6.45, 7) is 5.31. The van der Waals surface area contributed by atoms with Crippen LogP contribution >= 0.6 is 0 Å². The molecular formula is C34H26O12. The number of allylic oxidation sites excluding steroid dienone is 2. The average Bonchev–Trinajstić information content (AvgIpc) is 3.32. The van der Waals surface area contributed by atoms with E-state index < -0.39 is 116 Å². The van der Waals surface area contributed by atoms with Crippen LogP contribution in [0.25, 0.3) is 11.5 Å². The van der Waals surface area contributed by atoms with Gasteiger partial charge in [0.2, 0.25) is 0 Å². The normalized spacial score (nSPS) is 34.3. The van der Waals surface area contributed by atoms with E-state index in [9.17, 15) is 39.6 Å². The maximum absolute atomic E-state index is 15.0. The van der Waals surface area contributed by atoms with Gasteiger partial charge in [0.25, 0.3) is 0 Å². The summed E-state index contributed by atoms with van der Waals surface area (Å²) in [6, 6.07) is 5.32. The lowest BCUT2D eigenvalue weighted by molar-refractivity contribution is -0.162. The quantitative estimate of drug-likeness (QED) is 0.356. The largest absolute Gasteiger partial charge is 0.507 e. The molecule has 0 aromatic heterocycles. The Labute approximate surface area is 259 Å². The zero-order chi connectivity index (χ0) is 33.1. The molecule has 4 fully saturated rings. The Kier molecular flexibility index (Phi) is 5.10. The van der Waals surface area contributed by atoms with Gasteiger partial charge in [0.15, 0.2) is 23.1 Å².